The molecular weight excluding hydrogens is 750 g/mol. The predicted octanol–water partition coefficient (Wildman–Crippen LogP) is 4.24. The number of hydrogen-bond acceptors (Lipinski definition) is 10. The molecule has 14 heteroatoms. The molecule has 0 spiro atoms. The van der Waals surface area contributed by atoms with E-state index in [4.69, 9.17) is 28.4 Å². The molecule has 5 aliphatic rings. The zero-order valence-corrected chi connectivity index (χ0v) is 29.2. The Morgan fingerprint density at radius 3 is 1.23 bits per heavy atom. The third-order valence-electron chi connectivity index (χ3n) is 7.37. The normalized spacial score (nSPS) is 38.6. The second-order valence-electron chi connectivity index (χ2n) is 13.8. The number of ether oxygens (including phenoxy) is 6. The first-order valence-electron chi connectivity index (χ1n) is 13.7. The zero-order chi connectivity index (χ0) is 29.7. The second kappa shape index (κ2) is 10.2. The molecule has 5 heterocycles. The smallest absolute Gasteiger partial charge is 0.426 e. The number of nitrogens with zero attached hydrogens (tertiary/aromatic N) is 4. The summed E-state index contributed by atoms with van der Waals surface area (Å²) in [5, 5.41) is 7.09. The molecule has 0 aromatic rings. The lowest BCUT2D eigenvalue weighted by Crippen LogP contribution is -2.78. The summed E-state index contributed by atoms with van der Waals surface area (Å²) in [5.74, 6) is -1.72. The van der Waals surface area contributed by atoms with Crippen LogP contribution in [0.3, 0.4) is 0 Å². The summed E-state index contributed by atoms with van der Waals surface area (Å²) in [6.07, 6.45) is -4.46. The summed E-state index contributed by atoms with van der Waals surface area (Å²) in [6, 6.07) is -0.603. The van der Waals surface area contributed by atoms with Crippen molar-refractivity contribution < 1.29 is 38.0 Å². The maximum Gasteiger partial charge on any atom is 0.426 e. The molecule has 5 rings (SSSR count). The summed E-state index contributed by atoms with van der Waals surface area (Å²) < 4.78 is 39.0. The maximum absolute atomic E-state index is 14.2. The molecule has 5 fully saturated rings. The van der Waals surface area contributed by atoms with Gasteiger partial charge in [0.2, 0.25) is 0 Å². The molecule has 5 aliphatic heterocycles. The summed E-state index contributed by atoms with van der Waals surface area (Å²) in [5.41, 5.74) is -1.51. The molecule has 0 saturated carbocycles. The van der Waals surface area contributed by atoms with Crippen molar-refractivity contribution >= 4 is 57.4 Å². The highest BCUT2D eigenvalue weighted by Crippen LogP contribution is 2.52. The van der Waals surface area contributed by atoms with Crippen LogP contribution in [0.2, 0.25) is 0 Å². The lowest BCUT2D eigenvalue weighted by Gasteiger charge is -2.57. The van der Waals surface area contributed by atoms with E-state index in [1.807, 2.05) is 79.3 Å². The fourth-order valence-corrected chi connectivity index (χ4v) is 8.18. The Morgan fingerprint density at radius 2 is 0.950 bits per heavy atom. The van der Waals surface area contributed by atoms with Crippen molar-refractivity contribution in [3.05, 3.63) is 0 Å². The molecule has 228 valence electrons. The Labute approximate surface area is 263 Å². The molecule has 5 saturated heterocycles. The van der Waals surface area contributed by atoms with Crippen molar-refractivity contribution in [2.45, 2.75) is 141 Å². The van der Waals surface area contributed by atoms with E-state index in [0.717, 1.165) is 0 Å². The van der Waals surface area contributed by atoms with E-state index < -0.39 is 71.7 Å². The Bertz CT molecular complexity index is 953. The van der Waals surface area contributed by atoms with Crippen LogP contribution >= 0.6 is 45.2 Å². The van der Waals surface area contributed by atoms with E-state index >= 15 is 0 Å². The van der Waals surface area contributed by atoms with Gasteiger partial charge >= 0.3 is 12.2 Å². The van der Waals surface area contributed by atoms with Crippen molar-refractivity contribution in [3.63, 3.8) is 0 Å². The lowest BCUT2D eigenvalue weighted by atomic mass is 10.1. The average Bonchev–Trinajstić information content (AvgIpc) is 3.42. The van der Waals surface area contributed by atoms with Crippen molar-refractivity contribution in [1.82, 2.24) is 20.0 Å². The summed E-state index contributed by atoms with van der Waals surface area (Å²) in [6.45, 7) is 18.5. The van der Waals surface area contributed by atoms with Crippen LogP contribution in [-0.4, -0.2) is 113 Å². The van der Waals surface area contributed by atoms with Gasteiger partial charge in [0.15, 0.2) is 23.9 Å². The van der Waals surface area contributed by atoms with Gasteiger partial charge in [-0.05, 0) is 69.2 Å². The van der Waals surface area contributed by atoms with Crippen LogP contribution in [0.1, 0.15) is 69.2 Å². The number of rotatable bonds is 2. The van der Waals surface area contributed by atoms with Crippen LogP contribution in [0.15, 0.2) is 0 Å². The molecule has 0 aromatic carbocycles. The summed E-state index contributed by atoms with van der Waals surface area (Å²) in [7, 11) is 0. The van der Waals surface area contributed by atoms with Crippen molar-refractivity contribution in [1.29, 1.82) is 0 Å². The van der Waals surface area contributed by atoms with E-state index in [-0.39, 0.29) is 12.1 Å². The number of amides is 2. The predicted molar refractivity (Wildman–Crippen MR) is 160 cm³/mol. The molecule has 0 aromatic heterocycles. The van der Waals surface area contributed by atoms with Crippen LogP contribution in [0, 0.1) is 0 Å². The molecule has 12 nitrogen and oxygen atoms in total. The van der Waals surface area contributed by atoms with Crippen LogP contribution in [0.4, 0.5) is 9.59 Å². The number of hydrazine groups is 2. The molecule has 40 heavy (non-hydrogen) atoms. The standard InChI is InChI=1S/C26H42I2N4O8/c1-23(2,3)39-21(33)31-19-17-16(36-25(7,8)37-17)14(12-28)30(19)32(22(34)40-24(4,5)6)20-18-15(13(11-27)29(20)31)35-26(9,10)38-18/h13-20H,11-12H2,1-10H3. The topological polar surface area (TPSA) is 102 Å². The van der Waals surface area contributed by atoms with Gasteiger partial charge in [0, 0.05) is 8.86 Å². The van der Waals surface area contributed by atoms with Gasteiger partial charge in [0.25, 0.3) is 0 Å². The quantitative estimate of drug-likeness (QED) is 0.299. The third-order valence-corrected chi connectivity index (χ3v) is 9.18. The highest BCUT2D eigenvalue weighted by molar-refractivity contribution is 14.1. The minimum atomic E-state index is -0.862. The molecule has 0 aliphatic carbocycles. The van der Waals surface area contributed by atoms with Gasteiger partial charge in [-0.2, -0.15) is 10.0 Å². The van der Waals surface area contributed by atoms with E-state index in [1.165, 1.54) is 0 Å². The average molecular weight is 792 g/mol. The van der Waals surface area contributed by atoms with Gasteiger partial charge in [0.1, 0.15) is 35.6 Å². The van der Waals surface area contributed by atoms with Crippen molar-refractivity contribution in [2.75, 3.05) is 8.86 Å². The van der Waals surface area contributed by atoms with E-state index in [9.17, 15) is 9.59 Å². The Kier molecular flexibility index (Phi) is 7.92. The number of carbonyl (C=O) groups is 2. The number of fused-ring (bicyclic) bond motifs is 6. The number of halogens is 2. The molecule has 8 atom stereocenters. The fraction of sp³-hybridized carbons (Fsp3) is 0.923. The Morgan fingerprint density at radius 1 is 0.650 bits per heavy atom. The number of hydrogen-bond donors (Lipinski definition) is 0. The monoisotopic (exact) mass is 792 g/mol. The maximum atomic E-state index is 14.2. The molecule has 2 amide bonds. The van der Waals surface area contributed by atoms with Crippen LogP contribution in [0.5, 0.6) is 0 Å². The Balaban J connectivity index is 1.70. The van der Waals surface area contributed by atoms with Gasteiger partial charge < -0.3 is 28.4 Å². The first-order valence-corrected chi connectivity index (χ1v) is 16.8. The van der Waals surface area contributed by atoms with E-state index in [0.29, 0.717) is 8.86 Å². The largest absolute Gasteiger partial charge is 0.443 e. The molecule has 8 unspecified atom stereocenters. The van der Waals surface area contributed by atoms with Crippen LogP contribution < -0.4 is 0 Å². The van der Waals surface area contributed by atoms with Crippen molar-refractivity contribution in [2.24, 2.45) is 0 Å². The second-order valence-corrected chi connectivity index (χ2v) is 15.6. The highest BCUT2D eigenvalue weighted by atomic mass is 127. The number of alkyl halides is 2. The lowest BCUT2D eigenvalue weighted by molar-refractivity contribution is -0.310. The molecule has 0 bridgehead atoms. The van der Waals surface area contributed by atoms with E-state index in [2.05, 4.69) is 45.2 Å². The third kappa shape index (κ3) is 5.34. The highest BCUT2D eigenvalue weighted by Gasteiger charge is 2.73. The molecular formula is C26H42I2N4O8. The minimum absolute atomic E-state index is 0.301. The molecule has 0 N–H and O–H groups in total. The van der Waals surface area contributed by atoms with Crippen molar-refractivity contribution in [3.8, 4) is 0 Å². The first-order chi connectivity index (χ1) is 18.3. The fourth-order valence-electron chi connectivity index (χ4n) is 6.37. The summed E-state index contributed by atoms with van der Waals surface area (Å²) in [4.78, 5) is 28.4. The van der Waals surface area contributed by atoms with Crippen LogP contribution in [0.25, 0.3) is 0 Å². The Hall–Kier alpha value is -0.240. The minimum Gasteiger partial charge on any atom is -0.443 e. The first kappa shape index (κ1) is 31.2. The SMILES string of the molecule is CC(C)(C)OC(=O)N1C2C3OC(C)(C)OC3C(CI)N2N(C(=O)OC(C)(C)C)C2C3OC(C)(C)OC3C(CI)N21. The van der Waals surface area contributed by atoms with E-state index in [1.54, 1.807) is 10.0 Å². The zero-order valence-electron chi connectivity index (χ0n) is 24.8. The summed E-state index contributed by atoms with van der Waals surface area (Å²) >= 11 is 4.60. The van der Waals surface area contributed by atoms with Gasteiger partial charge in [-0.3, -0.25) is 0 Å². The van der Waals surface area contributed by atoms with Gasteiger partial charge in [-0.25, -0.2) is 19.6 Å². The van der Waals surface area contributed by atoms with Gasteiger partial charge in [-0.15, -0.1) is 0 Å². The molecule has 0 radical (unpaired) electrons. The van der Waals surface area contributed by atoms with Gasteiger partial charge in [0.05, 0.1) is 12.1 Å². The number of carbonyl (C=O) groups excluding carboxylic acids is 2. The van der Waals surface area contributed by atoms with Gasteiger partial charge in [-0.1, -0.05) is 45.2 Å². The van der Waals surface area contributed by atoms with Crippen LogP contribution in [-0.2, 0) is 28.4 Å².